The second-order valence-electron chi connectivity index (χ2n) is 9.75. The summed E-state index contributed by atoms with van der Waals surface area (Å²) >= 11 is 12.6. The van der Waals surface area contributed by atoms with Gasteiger partial charge in [0, 0.05) is 42.7 Å². The number of piperazine rings is 1. The van der Waals surface area contributed by atoms with Crippen molar-refractivity contribution in [2.24, 2.45) is 5.92 Å². The Morgan fingerprint density at radius 2 is 1.62 bits per heavy atom. The summed E-state index contributed by atoms with van der Waals surface area (Å²) in [5.74, 6) is 0.419. The first-order valence-electron chi connectivity index (χ1n) is 12.2. The van der Waals surface area contributed by atoms with Crippen LogP contribution in [0.3, 0.4) is 0 Å². The molecule has 2 fully saturated rings. The normalized spacial score (nSPS) is 21.6. The fourth-order valence-corrected chi connectivity index (χ4v) is 5.76. The second-order valence-corrected chi connectivity index (χ2v) is 10.6. The molecule has 1 N–H and O–H groups in total. The van der Waals surface area contributed by atoms with Crippen molar-refractivity contribution in [3.05, 3.63) is 63.6 Å². The van der Waals surface area contributed by atoms with Crippen molar-refractivity contribution < 1.29 is 9.59 Å². The maximum Gasteiger partial charge on any atom is 0.228 e. The van der Waals surface area contributed by atoms with Crippen LogP contribution in [-0.2, 0) is 22.6 Å². The summed E-state index contributed by atoms with van der Waals surface area (Å²) in [5.41, 5.74) is 2.48. The van der Waals surface area contributed by atoms with Gasteiger partial charge in [0.05, 0.1) is 17.1 Å². The van der Waals surface area contributed by atoms with Gasteiger partial charge in [0.25, 0.3) is 0 Å². The molecule has 2 aromatic carbocycles. The Bertz CT molecular complexity index is 1010. The number of carbonyl (C=O) groups is 2. The predicted molar refractivity (Wildman–Crippen MR) is 138 cm³/mol. The fraction of sp³-hybridized carbons (Fsp3) is 0.481. The van der Waals surface area contributed by atoms with Crippen LogP contribution in [0.2, 0.25) is 10.0 Å². The molecule has 5 nitrogen and oxygen atoms in total. The first kappa shape index (κ1) is 25.0. The fourth-order valence-electron chi connectivity index (χ4n) is 5.40. The number of halogens is 2. The van der Waals surface area contributed by atoms with Crippen LogP contribution >= 0.6 is 23.2 Å². The second kappa shape index (κ2) is 11.1. The Balaban J connectivity index is 1.37. The lowest BCUT2D eigenvalue weighted by molar-refractivity contribution is -0.143. The average Bonchev–Trinajstić information content (AvgIpc) is 3.33. The maximum atomic E-state index is 13.1. The van der Waals surface area contributed by atoms with Gasteiger partial charge in [-0.2, -0.15) is 0 Å². The topological polar surface area (TPSA) is 52.7 Å². The van der Waals surface area contributed by atoms with E-state index in [0.29, 0.717) is 28.2 Å². The van der Waals surface area contributed by atoms with Crippen LogP contribution in [0.1, 0.15) is 50.7 Å². The van der Waals surface area contributed by atoms with E-state index in [2.05, 4.69) is 29.0 Å². The number of nitrogens with one attached hydrogen (secondary N) is 1. The maximum absolute atomic E-state index is 13.1. The quantitative estimate of drug-likeness (QED) is 0.545. The molecule has 1 aliphatic carbocycles. The van der Waals surface area contributed by atoms with Gasteiger partial charge < -0.3 is 10.2 Å². The summed E-state index contributed by atoms with van der Waals surface area (Å²) in [6.07, 6.45) is 4.66. The minimum atomic E-state index is -0.123. The Morgan fingerprint density at radius 3 is 2.26 bits per heavy atom. The lowest BCUT2D eigenvalue weighted by Crippen LogP contribution is -2.59. The molecule has 0 radical (unpaired) electrons. The molecule has 0 spiro atoms. The molecular weight excluding hydrogens is 469 g/mol. The van der Waals surface area contributed by atoms with Gasteiger partial charge in [-0.25, -0.2) is 0 Å². The van der Waals surface area contributed by atoms with Crippen molar-refractivity contribution in [3.63, 3.8) is 0 Å². The summed E-state index contributed by atoms with van der Waals surface area (Å²) in [4.78, 5) is 30.1. The number of carbonyl (C=O) groups excluding carboxylic acids is 2. The number of nitrogens with zero attached hydrogens (tertiary/aromatic N) is 2. The molecule has 1 saturated heterocycles. The van der Waals surface area contributed by atoms with E-state index >= 15 is 0 Å². The number of benzene rings is 2. The summed E-state index contributed by atoms with van der Waals surface area (Å²) in [6.45, 7) is 6.59. The molecule has 1 heterocycles. The minimum absolute atomic E-state index is 0.123. The molecule has 0 bridgehead atoms. The van der Waals surface area contributed by atoms with Gasteiger partial charge >= 0.3 is 0 Å². The van der Waals surface area contributed by atoms with Crippen LogP contribution in [0.15, 0.2) is 42.5 Å². The number of hydrogen-bond donors (Lipinski definition) is 1. The van der Waals surface area contributed by atoms with Gasteiger partial charge in [-0.15, -0.1) is 0 Å². The monoisotopic (exact) mass is 501 g/mol. The van der Waals surface area contributed by atoms with Crippen molar-refractivity contribution in [1.29, 1.82) is 0 Å². The van der Waals surface area contributed by atoms with Gasteiger partial charge in [-0.05, 0) is 56.0 Å². The number of hydrogen-bond acceptors (Lipinski definition) is 3. The standard InChI is InChI=1S/C27H33Cl2N3O2/c1-18-15-31(16-19(2)32(18)27(34)21-6-3-4-7-21)17-22-8-5-9-24(26(22)29)30-25(33)14-20-10-12-23(28)13-11-20/h5,8-13,18-19,21H,3-4,6-7,14-17H2,1-2H3,(H,30,33)/t18-,19+. The van der Waals surface area contributed by atoms with Gasteiger partial charge in [0.2, 0.25) is 11.8 Å². The predicted octanol–water partition coefficient (Wildman–Crippen LogP) is 5.79. The molecule has 1 aliphatic heterocycles. The average molecular weight is 502 g/mol. The van der Waals surface area contributed by atoms with Crippen molar-refractivity contribution in [1.82, 2.24) is 9.80 Å². The summed E-state index contributed by atoms with van der Waals surface area (Å²) in [6, 6.07) is 13.3. The number of rotatable bonds is 6. The van der Waals surface area contributed by atoms with E-state index in [1.807, 2.05) is 30.3 Å². The Labute approximate surface area is 212 Å². The molecule has 2 amide bonds. The highest BCUT2D eigenvalue weighted by atomic mass is 35.5. The zero-order chi connectivity index (χ0) is 24.2. The Morgan fingerprint density at radius 1 is 0.971 bits per heavy atom. The van der Waals surface area contributed by atoms with E-state index < -0.39 is 0 Å². The van der Waals surface area contributed by atoms with Crippen LogP contribution in [0.25, 0.3) is 0 Å². The van der Waals surface area contributed by atoms with E-state index in [4.69, 9.17) is 23.2 Å². The van der Waals surface area contributed by atoms with E-state index in [9.17, 15) is 9.59 Å². The molecule has 2 aliphatic rings. The molecular formula is C27H33Cl2N3O2. The van der Waals surface area contributed by atoms with Crippen LogP contribution in [0.5, 0.6) is 0 Å². The lowest BCUT2D eigenvalue weighted by atomic mass is 10.0. The van der Waals surface area contributed by atoms with E-state index in [0.717, 1.165) is 37.1 Å². The van der Waals surface area contributed by atoms with Gasteiger partial charge in [0.15, 0.2) is 0 Å². The van der Waals surface area contributed by atoms with Crippen molar-refractivity contribution >= 4 is 40.7 Å². The highest BCUT2D eigenvalue weighted by Gasteiger charge is 2.37. The zero-order valence-electron chi connectivity index (χ0n) is 19.9. The SMILES string of the molecule is C[C@@H]1CN(Cc2cccc(NC(=O)Cc3ccc(Cl)cc3)c2Cl)C[C@H](C)N1C(=O)C1CCCC1. The van der Waals surface area contributed by atoms with Crippen LogP contribution in [-0.4, -0.2) is 46.8 Å². The molecule has 182 valence electrons. The number of amides is 2. The van der Waals surface area contributed by atoms with Crippen molar-refractivity contribution in [3.8, 4) is 0 Å². The van der Waals surface area contributed by atoms with Crippen LogP contribution < -0.4 is 5.32 Å². The number of anilines is 1. The smallest absolute Gasteiger partial charge is 0.228 e. The Hall–Kier alpha value is -2.08. The Kier molecular flexibility index (Phi) is 8.18. The van der Waals surface area contributed by atoms with E-state index in [1.54, 1.807) is 12.1 Å². The third-order valence-electron chi connectivity index (χ3n) is 6.98. The molecule has 0 unspecified atom stereocenters. The molecule has 7 heteroatoms. The summed E-state index contributed by atoms with van der Waals surface area (Å²) in [7, 11) is 0. The first-order valence-corrected chi connectivity index (χ1v) is 12.9. The van der Waals surface area contributed by atoms with Gasteiger partial charge in [-0.3, -0.25) is 14.5 Å². The van der Waals surface area contributed by atoms with Crippen molar-refractivity contribution in [2.75, 3.05) is 18.4 Å². The van der Waals surface area contributed by atoms with Crippen molar-refractivity contribution in [2.45, 2.75) is 64.6 Å². The molecule has 2 atom stereocenters. The summed E-state index contributed by atoms with van der Waals surface area (Å²) in [5, 5.41) is 4.16. The van der Waals surface area contributed by atoms with E-state index in [1.165, 1.54) is 12.8 Å². The van der Waals surface area contributed by atoms with Crippen LogP contribution in [0, 0.1) is 5.92 Å². The molecule has 0 aromatic heterocycles. The lowest BCUT2D eigenvalue weighted by Gasteiger charge is -2.45. The largest absolute Gasteiger partial charge is 0.334 e. The molecule has 2 aromatic rings. The highest BCUT2D eigenvalue weighted by molar-refractivity contribution is 6.34. The molecule has 34 heavy (non-hydrogen) atoms. The molecule has 1 saturated carbocycles. The minimum Gasteiger partial charge on any atom is -0.334 e. The first-order chi connectivity index (χ1) is 16.3. The van der Waals surface area contributed by atoms with Gasteiger partial charge in [0.1, 0.15) is 0 Å². The third kappa shape index (κ3) is 5.94. The van der Waals surface area contributed by atoms with E-state index in [-0.39, 0.29) is 30.3 Å². The zero-order valence-corrected chi connectivity index (χ0v) is 21.4. The van der Waals surface area contributed by atoms with Gasteiger partial charge in [-0.1, -0.05) is 60.3 Å². The summed E-state index contributed by atoms with van der Waals surface area (Å²) < 4.78 is 0. The highest BCUT2D eigenvalue weighted by Crippen LogP contribution is 2.31. The molecule has 4 rings (SSSR count). The third-order valence-corrected chi connectivity index (χ3v) is 7.68. The van der Waals surface area contributed by atoms with Crippen LogP contribution in [0.4, 0.5) is 5.69 Å².